The smallest absolute Gasteiger partial charge is 0.314 e. The van der Waals surface area contributed by atoms with Crippen LogP contribution in [0, 0.1) is 11.2 Å². The van der Waals surface area contributed by atoms with Crippen LogP contribution < -0.4 is 5.73 Å². The Labute approximate surface area is 171 Å². The number of likely N-dealkylation sites (tertiary alicyclic amines) is 1. The van der Waals surface area contributed by atoms with E-state index in [-0.39, 0.29) is 43.9 Å². The number of aliphatic hydroxyl groups is 1. The number of pyridine rings is 1. The van der Waals surface area contributed by atoms with Crippen LogP contribution in [0.1, 0.15) is 22.5 Å². The molecule has 0 bridgehead atoms. The van der Waals surface area contributed by atoms with E-state index >= 15 is 0 Å². The Morgan fingerprint density at radius 3 is 2.57 bits per heavy atom. The van der Waals surface area contributed by atoms with Crippen molar-refractivity contribution in [2.75, 3.05) is 18.8 Å². The van der Waals surface area contributed by atoms with Crippen molar-refractivity contribution in [2.45, 2.75) is 18.9 Å². The zero-order chi connectivity index (χ0) is 22.3. The molecule has 9 nitrogen and oxygen atoms in total. The predicted molar refractivity (Wildman–Crippen MR) is 104 cm³/mol. The van der Waals surface area contributed by atoms with Gasteiger partial charge in [-0.15, -0.1) is 0 Å². The molecule has 2 aromatic rings. The minimum atomic E-state index is -1.64. The predicted octanol–water partition coefficient (Wildman–Crippen LogP) is 1.02. The molecule has 2 heterocycles. The highest BCUT2D eigenvalue weighted by molar-refractivity contribution is 5.93. The Morgan fingerprint density at radius 1 is 1.30 bits per heavy atom. The lowest BCUT2D eigenvalue weighted by atomic mass is 9.72. The SMILES string of the molecule is Nc1cccc(C(=O)N2CC[C@@H](O)[C@](Cc3cccc(F)c3)(C(=O)O)C2)n1.O=CO. The van der Waals surface area contributed by atoms with Gasteiger partial charge in [0.15, 0.2) is 0 Å². The Kier molecular flexibility index (Phi) is 7.43. The Balaban J connectivity index is 0.00000101. The van der Waals surface area contributed by atoms with Gasteiger partial charge in [0.05, 0.1) is 6.10 Å². The molecular formula is C20H22FN3O6. The number of nitrogens with two attached hydrogens (primary N) is 1. The molecule has 160 valence electrons. The molecule has 3 rings (SSSR count). The van der Waals surface area contributed by atoms with Crippen molar-refractivity contribution in [2.24, 2.45) is 5.41 Å². The molecule has 30 heavy (non-hydrogen) atoms. The number of aromatic nitrogens is 1. The van der Waals surface area contributed by atoms with Gasteiger partial charge < -0.3 is 26.0 Å². The zero-order valence-corrected chi connectivity index (χ0v) is 15.9. The second-order valence-corrected chi connectivity index (χ2v) is 6.85. The van der Waals surface area contributed by atoms with Crippen LogP contribution in [0.3, 0.4) is 0 Å². The lowest BCUT2D eigenvalue weighted by Gasteiger charge is -2.43. The van der Waals surface area contributed by atoms with Gasteiger partial charge in [-0.25, -0.2) is 9.37 Å². The van der Waals surface area contributed by atoms with Crippen LogP contribution >= 0.6 is 0 Å². The molecule has 1 aromatic carbocycles. The van der Waals surface area contributed by atoms with Crippen molar-refractivity contribution in [1.82, 2.24) is 9.88 Å². The lowest BCUT2D eigenvalue weighted by Crippen LogP contribution is -2.58. The second kappa shape index (κ2) is 9.79. The molecule has 0 saturated carbocycles. The number of halogens is 1. The third-order valence-corrected chi connectivity index (χ3v) is 4.89. The van der Waals surface area contributed by atoms with Crippen molar-refractivity contribution >= 4 is 24.2 Å². The highest BCUT2D eigenvalue weighted by Crippen LogP contribution is 2.35. The van der Waals surface area contributed by atoms with Gasteiger partial charge in [-0.05, 0) is 42.7 Å². The molecule has 2 atom stereocenters. The van der Waals surface area contributed by atoms with E-state index in [1.54, 1.807) is 18.2 Å². The highest BCUT2D eigenvalue weighted by Gasteiger charge is 2.50. The average molecular weight is 419 g/mol. The van der Waals surface area contributed by atoms with E-state index < -0.39 is 29.2 Å². The summed E-state index contributed by atoms with van der Waals surface area (Å²) in [5.41, 5.74) is 4.52. The average Bonchev–Trinajstić information content (AvgIpc) is 2.69. The van der Waals surface area contributed by atoms with Gasteiger partial charge in [0.2, 0.25) is 0 Å². The van der Waals surface area contributed by atoms with E-state index in [4.69, 9.17) is 15.6 Å². The number of anilines is 1. The van der Waals surface area contributed by atoms with Gasteiger partial charge in [-0.1, -0.05) is 18.2 Å². The number of nitrogen functional groups attached to an aromatic ring is 1. The maximum Gasteiger partial charge on any atom is 0.314 e. The summed E-state index contributed by atoms with van der Waals surface area (Å²) in [6.07, 6.45) is -1.18. The fraction of sp³-hybridized carbons (Fsp3) is 0.300. The van der Waals surface area contributed by atoms with Crippen LogP contribution in [-0.4, -0.2) is 62.7 Å². The van der Waals surface area contributed by atoms with Crippen molar-refractivity contribution in [3.05, 3.63) is 59.5 Å². The molecule has 10 heteroatoms. The molecule has 1 aromatic heterocycles. The van der Waals surface area contributed by atoms with Crippen LogP contribution in [-0.2, 0) is 16.0 Å². The van der Waals surface area contributed by atoms with Crippen LogP contribution in [0.15, 0.2) is 42.5 Å². The number of hydrogen-bond donors (Lipinski definition) is 4. The number of benzene rings is 1. The van der Waals surface area contributed by atoms with E-state index in [1.165, 1.54) is 29.2 Å². The molecule has 0 spiro atoms. The van der Waals surface area contributed by atoms with Gasteiger partial charge in [-0.3, -0.25) is 14.4 Å². The maximum absolute atomic E-state index is 13.5. The first-order valence-electron chi connectivity index (χ1n) is 8.99. The number of carbonyl (C=O) groups excluding carboxylic acids is 1. The number of aliphatic carboxylic acids is 1. The summed E-state index contributed by atoms with van der Waals surface area (Å²) in [7, 11) is 0. The molecule has 1 fully saturated rings. The molecule has 1 amide bonds. The van der Waals surface area contributed by atoms with Gasteiger partial charge in [0.1, 0.15) is 22.7 Å². The molecular weight excluding hydrogens is 397 g/mol. The summed E-state index contributed by atoms with van der Waals surface area (Å²) in [4.78, 5) is 38.5. The van der Waals surface area contributed by atoms with Crippen molar-refractivity contribution in [1.29, 1.82) is 0 Å². The topological polar surface area (TPSA) is 154 Å². The summed E-state index contributed by atoms with van der Waals surface area (Å²) in [6.45, 7) is -0.274. The van der Waals surface area contributed by atoms with E-state index in [2.05, 4.69) is 4.98 Å². The van der Waals surface area contributed by atoms with Crippen LogP contribution in [0.25, 0.3) is 0 Å². The quantitative estimate of drug-likeness (QED) is 0.536. The van der Waals surface area contributed by atoms with Gasteiger partial charge in [0.25, 0.3) is 12.4 Å². The number of carbonyl (C=O) groups is 3. The molecule has 1 aliphatic rings. The maximum atomic E-state index is 13.5. The van der Waals surface area contributed by atoms with E-state index in [1.807, 2.05) is 0 Å². The molecule has 1 saturated heterocycles. The van der Waals surface area contributed by atoms with Crippen LogP contribution in [0.5, 0.6) is 0 Å². The summed E-state index contributed by atoms with van der Waals surface area (Å²) in [5, 5.41) is 27.3. The number of nitrogens with zero attached hydrogens (tertiary/aromatic N) is 2. The second-order valence-electron chi connectivity index (χ2n) is 6.85. The van der Waals surface area contributed by atoms with Crippen molar-refractivity contribution in [3.63, 3.8) is 0 Å². The Hall–Kier alpha value is -3.53. The first kappa shape index (κ1) is 22.8. The number of piperidine rings is 1. The number of rotatable bonds is 4. The monoisotopic (exact) mass is 419 g/mol. The molecule has 1 aliphatic heterocycles. The number of aliphatic hydroxyl groups excluding tert-OH is 1. The first-order chi connectivity index (χ1) is 14.2. The lowest BCUT2D eigenvalue weighted by molar-refractivity contribution is -0.161. The molecule has 0 radical (unpaired) electrons. The van der Waals surface area contributed by atoms with E-state index in [0.717, 1.165) is 0 Å². The number of carboxylic acids is 1. The van der Waals surface area contributed by atoms with Crippen molar-refractivity contribution < 1.29 is 34.1 Å². The fourth-order valence-corrected chi connectivity index (χ4v) is 3.46. The Bertz CT molecular complexity index is 925. The number of amides is 1. The van der Waals surface area contributed by atoms with Gasteiger partial charge in [-0.2, -0.15) is 0 Å². The molecule has 5 N–H and O–H groups in total. The largest absolute Gasteiger partial charge is 0.483 e. The van der Waals surface area contributed by atoms with Crippen molar-refractivity contribution in [3.8, 4) is 0 Å². The fourth-order valence-electron chi connectivity index (χ4n) is 3.46. The summed E-state index contributed by atoms with van der Waals surface area (Å²) in [5.74, 6) is -2.01. The van der Waals surface area contributed by atoms with Gasteiger partial charge >= 0.3 is 5.97 Å². The number of hydrogen-bond acceptors (Lipinski definition) is 6. The molecule has 0 aliphatic carbocycles. The summed E-state index contributed by atoms with van der Waals surface area (Å²) >= 11 is 0. The Morgan fingerprint density at radius 2 is 1.97 bits per heavy atom. The standard InChI is InChI=1S/C19H20FN3O4.CH2O2/c20-13-4-1-3-12(9-13)10-19(18(26)27)11-23(8-7-15(19)24)17(25)14-5-2-6-16(21)22-14;2-1-3/h1-6,9,15,24H,7-8,10-11H2,(H2,21,22)(H,26,27);1H,(H,2,3)/t15-,19-;/m1./s1. The summed E-state index contributed by atoms with van der Waals surface area (Å²) < 4.78 is 13.5. The van der Waals surface area contributed by atoms with E-state index in [9.17, 15) is 24.2 Å². The number of carboxylic acid groups (broad SMARTS) is 2. The minimum absolute atomic E-state index is 0.0929. The third-order valence-electron chi connectivity index (χ3n) is 4.89. The highest BCUT2D eigenvalue weighted by atomic mass is 19.1. The normalized spacial score (nSPS) is 20.6. The zero-order valence-electron chi connectivity index (χ0n) is 15.9. The summed E-state index contributed by atoms with van der Waals surface area (Å²) in [6, 6.07) is 10.2. The third kappa shape index (κ3) is 5.09. The van der Waals surface area contributed by atoms with Crippen LogP contribution in [0.2, 0.25) is 0 Å². The first-order valence-corrected chi connectivity index (χ1v) is 8.99. The van der Waals surface area contributed by atoms with Gasteiger partial charge in [0, 0.05) is 13.1 Å². The molecule has 0 unspecified atom stereocenters. The minimum Gasteiger partial charge on any atom is -0.483 e. The van der Waals surface area contributed by atoms with E-state index in [0.29, 0.717) is 5.56 Å². The van der Waals surface area contributed by atoms with Crippen LogP contribution in [0.4, 0.5) is 10.2 Å².